The van der Waals surface area contributed by atoms with Crippen molar-refractivity contribution in [2.24, 2.45) is 0 Å². The third-order valence-electron chi connectivity index (χ3n) is 2.40. The van der Waals surface area contributed by atoms with Crippen LogP contribution >= 0.6 is 0 Å². The van der Waals surface area contributed by atoms with Crippen molar-refractivity contribution in [2.75, 3.05) is 40.5 Å². The van der Waals surface area contributed by atoms with Gasteiger partial charge >= 0.3 is 0 Å². The first-order valence-corrected chi connectivity index (χ1v) is 5.11. The van der Waals surface area contributed by atoms with Gasteiger partial charge in [-0.3, -0.25) is 0 Å². The zero-order chi connectivity index (χ0) is 11.0. The molecular formula is C10H23NO3. The van der Waals surface area contributed by atoms with Crippen molar-refractivity contribution in [3.63, 3.8) is 0 Å². The summed E-state index contributed by atoms with van der Waals surface area (Å²) < 4.78 is 10.1. The van der Waals surface area contributed by atoms with E-state index in [2.05, 4.69) is 18.7 Å². The van der Waals surface area contributed by atoms with Crippen LogP contribution in [0.15, 0.2) is 0 Å². The van der Waals surface area contributed by atoms with Gasteiger partial charge in [0, 0.05) is 20.8 Å². The molecule has 0 aliphatic rings. The van der Waals surface area contributed by atoms with Gasteiger partial charge in [-0.1, -0.05) is 13.8 Å². The summed E-state index contributed by atoms with van der Waals surface area (Å²) in [5.41, 5.74) is 0. The average Bonchev–Trinajstić information content (AvgIpc) is 2.20. The Hall–Kier alpha value is -0.160. The second-order valence-corrected chi connectivity index (χ2v) is 3.28. The quantitative estimate of drug-likeness (QED) is 0.621. The molecule has 0 aliphatic carbocycles. The largest absolute Gasteiger partial charge is 0.388 e. The zero-order valence-electron chi connectivity index (χ0n) is 9.69. The van der Waals surface area contributed by atoms with E-state index in [4.69, 9.17) is 9.47 Å². The highest BCUT2D eigenvalue weighted by Crippen LogP contribution is 2.02. The maximum atomic E-state index is 9.67. The van der Waals surface area contributed by atoms with Gasteiger partial charge in [-0.15, -0.1) is 0 Å². The van der Waals surface area contributed by atoms with Crippen LogP contribution in [0.3, 0.4) is 0 Å². The van der Waals surface area contributed by atoms with Gasteiger partial charge in [0.1, 0.15) is 6.10 Å². The minimum atomic E-state index is -0.550. The van der Waals surface area contributed by atoms with Crippen molar-refractivity contribution < 1.29 is 14.6 Å². The number of ether oxygens (including phenoxy) is 2. The van der Waals surface area contributed by atoms with Crippen molar-refractivity contribution in [2.45, 2.75) is 26.1 Å². The van der Waals surface area contributed by atoms with E-state index in [0.29, 0.717) is 6.61 Å². The van der Waals surface area contributed by atoms with E-state index in [0.717, 1.165) is 19.6 Å². The molecule has 1 N–H and O–H groups in total. The van der Waals surface area contributed by atoms with E-state index < -0.39 is 6.10 Å². The summed E-state index contributed by atoms with van der Waals surface area (Å²) in [4.78, 5) is 2.22. The topological polar surface area (TPSA) is 41.9 Å². The van der Waals surface area contributed by atoms with E-state index in [9.17, 15) is 5.11 Å². The second kappa shape index (κ2) is 8.17. The first-order valence-electron chi connectivity index (χ1n) is 5.11. The van der Waals surface area contributed by atoms with Crippen molar-refractivity contribution in [3.8, 4) is 0 Å². The van der Waals surface area contributed by atoms with E-state index >= 15 is 0 Å². The number of methoxy groups -OCH3 is 2. The number of likely N-dealkylation sites (N-methyl/N-ethyl adjacent to an activating group) is 1. The van der Waals surface area contributed by atoms with Crippen LogP contribution in [0.4, 0.5) is 0 Å². The summed E-state index contributed by atoms with van der Waals surface area (Å²) in [6, 6.07) is 0. The van der Waals surface area contributed by atoms with E-state index in [-0.39, 0.29) is 6.10 Å². The molecule has 0 aromatic heterocycles. The molecule has 0 amide bonds. The van der Waals surface area contributed by atoms with Gasteiger partial charge in [-0.05, 0) is 13.1 Å². The summed E-state index contributed by atoms with van der Waals surface area (Å²) in [7, 11) is 3.19. The fourth-order valence-electron chi connectivity index (χ4n) is 1.37. The van der Waals surface area contributed by atoms with E-state index in [1.54, 1.807) is 14.2 Å². The van der Waals surface area contributed by atoms with Gasteiger partial charge in [0.15, 0.2) is 0 Å². The van der Waals surface area contributed by atoms with Crippen LogP contribution in [0.1, 0.15) is 13.8 Å². The lowest BCUT2D eigenvalue weighted by atomic mass is 10.2. The molecular weight excluding hydrogens is 182 g/mol. The van der Waals surface area contributed by atoms with E-state index in [1.807, 2.05) is 0 Å². The Balaban J connectivity index is 3.98. The van der Waals surface area contributed by atoms with Crippen molar-refractivity contribution >= 4 is 0 Å². The number of aliphatic hydroxyl groups excluding tert-OH is 1. The maximum Gasteiger partial charge on any atom is 0.105 e. The molecule has 0 bridgehead atoms. The Kier molecular flexibility index (Phi) is 8.08. The van der Waals surface area contributed by atoms with Gasteiger partial charge < -0.3 is 19.5 Å². The molecule has 0 rings (SSSR count). The minimum absolute atomic E-state index is 0.171. The lowest BCUT2D eigenvalue weighted by Gasteiger charge is -2.27. The zero-order valence-corrected chi connectivity index (χ0v) is 9.69. The Labute approximate surface area is 86.8 Å². The van der Waals surface area contributed by atoms with Crippen molar-refractivity contribution in [1.82, 2.24) is 4.90 Å². The van der Waals surface area contributed by atoms with Crippen LogP contribution in [0.5, 0.6) is 0 Å². The highest BCUT2D eigenvalue weighted by molar-refractivity contribution is 4.72. The Morgan fingerprint density at radius 1 is 1.21 bits per heavy atom. The first-order chi connectivity index (χ1) is 6.69. The molecule has 0 heterocycles. The molecule has 4 nitrogen and oxygen atoms in total. The predicted octanol–water partition coefficient (Wildman–Crippen LogP) is 0.350. The molecule has 2 atom stereocenters. The third-order valence-corrected chi connectivity index (χ3v) is 2.40. The second-order valence-electron chi connectivity index (χ2n) is 3.28. The molecule has 0 fully saturated rings. The van der Waals surface area contributed by atoms with Crippen LogP contribution in [-0.2, 0) is 9.47 Å². The summed E-state index contributed by atoms with van der Waals surface area (Å²) in [5, 5.41) is 9.67. The maximum absolute atomic E-state index is 9.67. The normalized spacial score (nSPS) is 15.9. The summed E-state index contributed by atoms with van der Waals surface area (Å²) in [6.45, 7) is 7.19. The molecule has 0 aromatic rings. The van der Waals surface area contributed by atoms with Gasteiger partial charge in [-0.25, -0.2) is 0 Å². The Morgan fingerprint density at radius 3 is 2.14 bits per heavy atom. The minimum Gasteiger partial charge on any atom is -0.388 e. The van der Waals surface area contributed by atoms with Gasteiger partial charge in [0.25, 0.3) is 0 Å². The number of hydrogen-bond acceptors (Lipinski definition) is 4. The smallest absolute Gasteiger partial charge is 0.105 e. The van der Waals surface area contributed by atoms with Crippen LogP contribution in [0, 0.1) is 0 Å². The lowest BCUT2D eigenvalue weighted by Crippen LogP contribution is -2.42. The fraction of sp³-hybridized carbons (Fsp3) is 1.00. The first kappa shape index (κ1) is 13.8. The number of hydrogen-bond donors (Lipinski definition) is 1. The summed E-state index contributed by atoms with van der Waals surface area (Å²) in [6.07, 6.45) is -0.722. The highest BCUT2D eigenvalue weighted by atomic mass is 16.5. The molecule has 0 saturated carbocycles. The van der Waals surface area contributed by atoms with Crippen LogP contribution < -0.4 is 0 Å². The molecule has 0 saturated heterocycles. The number of nitrogens with zero attached hydrogens (tertiary/aromatic N) is 1. The monoisotopic (exact) mass is 205 g/mol. The van der Waals surface area contributed by atoms with Gasteiger partial charge in [0.2, 0.25) is 0 Å². The van der Waals surface area contributed by atoms with Crippen LogP contribution in [0.2, 0.25) is 0 Å². The predicted molar refractivity (Wildman–Crippen MR) is 56.5 cm³/mol. The highest BCUT2D eigenvalue weighted by Gasteiger charge is 2.20. The molecule has 0 unspecified atom stereocenters. The standard InChI is InChI=1S/C10H23NO3/c1-5-11(6-2)7-10(14-4)9(12)8-13-3/h9-10,12H,5-8H2,1-4H3/t9-,10+/m1/s1. The molecule has 0 radical (unpaired) electrons. The molecule has 86 valence electrons. The van der Waals surface area contributed by atoms with Crippen LogP contribution in [0.25, 0.3) is 0 Å². The Morgan fingerprint density at radius 2 is 1.79 bits per heavy atom. The van der Waals surface area contributed by atoms with Crippen LogP contribution in [-0.4, -0.2) is 62.7 Å². The average molecular weight is 205 g/mol. The molecule has 4 heteroatoms. The summed E-state index contributed by atoms with van der Waals surface area (Å²) >= 11 is 0. The SMILES string of the molecule is CCN(CC)C[C@H](OC)[C@H](O)COC. The lowest BCUT2D eigenvalue weighted by molar-refractivity contribution is -0.0583. The molecule has 14 heavy (non-hydrogen) atoms. The summed E-state index contributed by atoms with van der Waals surface area (Å²) in [5.74, 6) is 0. The fourth-order valence-corrected chi connectivity index (χ4v) is 1.37. The molecule has 0 aliphatic heterocycles. The van der Waals surface area contributed by atoms with Crippen molar-refractivity contribution in [1.29, 1.82) is 0 Å². The van der Waals surface area contributed by atoms with Gasteiger partial charge in [-0.2, -0.15) is 0 Å². The Bertz CT molecular complexity index is 129. The number of aliphatic hydroxyl groups is 1. The van der Waals surface area contributed by atoms with Gasteiger partial charge in [0.05, 0.1) is 12.7 Å². The van der Waals surface area contributed by atoms with Crippen molar-refractivity contribution in [3.05, 3.63) is 0 Å². The van der Waals surface area contributed by atoms with E-state index in [1.165, 1.54) is 0 Å². The molecule has 0 aromatic carbocycles. The molecule has 0 spiro atoms. The third kappa shape index (κ3) is 4.91. The number of rotatable bonds is 8.